The highest BCUT2D eigenvalue weighted by Gasteiger charge is 2.19. The molecule has 0 spiro atoms. The highest BCUT2D eigenvalue weighted by Crippen LogP contribution is 2.40. The van der Waals surface area contributed by atoms with Crippen LogP contribution in [-0.2, 0) is 0 Å². The van der Waals surface area contributed by atoms with Gasteiger partial charge in [0.05, 0.1) is 45.0 Å². The molecular formula is C38H22N4. The minimum atomic E-state index is 0.599. The molecular weight excluding hydrogens is 512 g/mol. The van der Waals surface area contributed by atoms with Crippen LogP contribution in [0.4, 0.5) is 0 Å². The summed E-state index contributed by atoms with van der Waals surface area (Å²) in [5.74, 6) is 0. The second kappa shape index (κ2) is 9.24. The fourth-order valence-electron chi connectivity index (χ4n) is 6.27. The SMILES string of the molecule is N#Cc1ccc(-c2ccc(C#N)c(-n3c4ccccc4c4cc5c(cc43)c3ccccc3n5-c3ccccc3)c2)cc1. The maximum Gasteiger partial charge on any atom is 0.101 e. The number of fused-ring (bicyclic) bond motifs is 6. The van der Waals surface area contributed by atoms with Gasteiger partial charge in [0.2, 0.25) is 0 Å². The van der Waals surface area contributed by atoms with Gasteiger partial charge in [-0.25, -0.2) is 0 Å². The second-order valence-electron chi connectivity index (χ2n) is 10.5. The molecule has 0 saturated carbocycles. The summed E-state index contributed by atoms with van der Waals surface area (Å²) in [5, 5.41) is 24.1. The first-order valence-electron chi connectivity index (χ1n) is 13.8. The van der Waals surface area contributed by atoms with Gasteiger partial charge in [0.15, 0.2) is 0 Å². The summed E-state index contributed by atoms with van der Waals surface area (Å²) < 4.78 is 4.56. The Bertz CT molecular complexity index is 2410. The van der Waals surface area contributed by atoms with E-state index in [1.165, 1.54) is 5.39 Å². The highest BCUT2D eigenvalue weighted by molar-refractivity contribution is 6.19. The number of nitrogens with zero attached hydrogens (tertiary/aromatic N) is 4. The summed E-state index contributed by atoms with van der Waals surface area (Å²) in [7, 11) is 0. The number of benzene rings is 6. The Kier molecular flexibility index (Phi) is 5.22. The molecule has 2 aromatic heterocycles. The lowest BCUT2D eigenvalue weighted by Crippen LogP contribution is -1.98. The molecule has 4 nitrogen and oxygen atoms in total. The highest BCUT2D eigenvalue weighted by atomic mass is 15.0. The molecule has 6 aromatic carbocycles. The lowest BCUT2D eigenvalue weighted by Gasteiger charge is -2.13. The first-order chi connectivity index (χ1) is 20.7. The Morgan fingerprint density at radius 2 is 1.00 bits per heavy atom. The van der Waals surface area contributed by atoms with Gasteiger partial charge in [-0.05, 0) is 71.8 Å². The molecule has 0 aliphatic carbocycles. The summed E-state index contributed by atoms with van der Waals surface area (Å²) in [4.78, 5) is 0. The molecule has 0 fully saturated rings. The van der Waals surface area contributed by atoms with Crippen LogP contribution in [0.2, 0.25) is 0 Å². The van der Waals surface area contributed by atoms with Crippen molar-refractivity contribution in [1.82, 2.24) is 9.13 Å². The minimum absolute atomic E-state index is 0.599. The number of hydrogen-bond acceptors (Lipinski definition) is 2. The molecule has 2 heterocycles. The van der Waals surface area contributed by atoms with E-state index in [2.05, 4.69) is 106 Å². The van der Waals surface area contributed by atoms with Crippen molar-refractivity contribution in [3.63, 3.8) is 0 Å². The van der Waals surface area contributed by atoms with Gasteiger partial charge in [0.1, 0.15) is 6.07 Å². The molecule has 0 atom stereocenters. The van der Waals surface area contributed by atoms with Gasteiger partial charge < -0.3 is 9.13 Å². The molecule has 0 aliphatic rings. The van der Waals surface area contributed by atoms with E-state index >= 15 is 0 Å². The van der Waals surface area contributed by atoms with Crippen molar-refractivity contribution < 1.29 is 0 Å². The predicted molar refractivity (Wildman–Crippen MR) is 170 cm³/mol. The van der Waals surface area contributed by atoms with Crippen molar-refractivity contribution in [3.8, 4) is 34.6 Å². The van der Waals surface area contributed by atoms with Crippen molar-refractivity contribution in [3.05, 3.63) is 145 Å². The zero-order chi connectivity index (χ0) is 28.2. The largest absolute Gasteiger partial charge is 0.309 e. The van der Waals surface area contributed by atoms with E-state index in [0.717, 1.165) is 60.7 Å². The van der Waals surface area contributed by atoms with E-state index in [0.29, 0.717) is 11.1 Å². The van der Waals surface area contributed by atoms with Crippen LogP contribution in [-0.4, -0.2) is 9.13 Å². The first-order valence-corrected chi connectivity index (χ1v) is 13.8. The zero-order valence-corrected chi connectivity index (χ0v) is 22.5. The Labute approximate surface area is 242 Å². The van der Waals surface area contributed by atoms with E-state index in [-0.39, 0.29) is 0 Å². The average molecular weight is 535 g/mol. The molecule has 0 unspecified atom stereocenters. The molecule has 0 bridgehead atoms. The summed E-state index contributed by atoms with van der Waals surface area (Å²) in [5.41, 5.74) is 9.54. The van der Waals surface area contributed by atoms with E-state index < -0.39 is 0 Å². The molecule has 8 rings (SSSR count). The molecule has 0 N–H and O–H groups in total. The van der Waals surface area contributed by atoms with Crippen LogP contribution in [0.5, 0.6) is 0 Å². The van der Waals surface area contributed by atoms with Gasteiger partial charge in [-0.15, -0.1) is 0 Å². The lowest BCUT2D eigenvalue weighted by atomic mass is 10.0. The van der Waals surface area contributed by atoms with Crippen molar-refractivity contribution in [2.45, 2.75) is 0 Å². The van der Waals surface area contributed by atoms with Crippen LogP contribution in [0, 0.1) is 22.7 Å². The van der Waals surface area contributed by atoms with Crippen molar-refractivity contribution >= 4 is 43.6 Å². The molecule has 194 valence electrons. The third-order valence-corrected chi connectivity index (χ3v) is 8.19. The third kappa shape index (κ3) is 3.47. The maximum absolute atomic E-state index is 10.2. The van der Waals surface area contributed by atoms with E-state index in [9.17, 15) is 10.5 Å². The second-order valence-corrected chi connectivity index (χ2v) is 10.5. The lowest BCUT2D eigenvalue weighted by molar-refractivity contribution is 1.17. The Balaban J connectivity index is 1.48. The number of rotatable bonds is 3. The van der Waals surface area contributed by atoms with Gasteiger partial charge in [-0.2, -0.15) is 10.5 Å². The predicted octanol–water partition coefficient (Wildman–Crippen LogP) is 9.29. The van der Waals surface area contributed by atoms with Crippen molar-refractivity contribution in [2.24, 2.45) is 0 Å². The summed E-state index contributed by atoms with van der Waals surface area (Å²) >= 11 is 0. The topological polar surface area (TPSA) is 57.4 Å². The summed E-state index contributed by atoms with van der Waals surface area (Å²) in [6.07, 6.45) is 0. The van der Waals surface area contributed by atoms with Gasteiger partial charge >= 0.3 is 0 Å². The Morgan fingerprint density at radius 1 is 0.429 bits per heavy atom. The number of hydrogen-bond donors (Lipinski definition) is 0. The van der Waals surface area contributed by atoms with Gasteiger partial charge in [0, 0.05) is 27.2 Å². The van der Waals surface area contributed by atoms with E-state index in [1.807, 2.05) is 48.5 Å². The number of nitriles is 2. The van der Waals surface area contributed by atoms with Crippen LogP contribution in [0.25, 0.3) is 66.1 Å². The molecule has 8 aromatic rings. The van der Waals surface area contributed by atoms with Crippen LogP contribution < -0.4 is 0 Å². The van der Waals surface area contributed by atoms with E-state index in [1.54, 1.807) is 0 Å². The molecule has 4 heteroatoms. The molecule has 0 saturated heterocycles. The van der Waals surface area contributed by atoms with Crippen molar-refractivity contribution in [2.75, 3.05) is 0 Å². The standard InChI is InChI=1S/C38H22N4/c39-23-25-14-16-26(17-15-25)27-18-19-28(24-40)36(20-27)42-35-13-7-5-11-31(35)33-21-37-32(22-38(33)42)30-10-4-6-12-34(30)41(37)29-8-2-1-3-9-29/h1-22H. The summed E-state index contributed by atoms with van der Waals surface area (Å²) in [6.45, 7) is 0. The quantitative estimate of drug-likeness (QED) is 0.227. The van der Waals surface area contributed by atoms with Gasteiger partial charge in [0.25, 0.3) is 0 Å². The zero-order valence-electron chi connectivity index (χ0n) is 22.5. The normalized spacial score (nSPS) is 11.3. The molecule has 0 amide bonds. The maximum atomic E-state index is 10.2. The fraction of sp³-hybridized carbons (Fsp3) is 0. The van der Waals surface area contributed by atoms with E-state index in [4.69, 9.17) is 0 Å². The average Bonchev–Trinajstić information content (AvgIpc) is 3.56. The monoisotopic (exact) mass is 534 g/mol. The minimum Gasteiger partial charge on any atom is -0.309 e. The summed E-state index contributed by atoms with van der Waals surface area (Å²) in [6, 6.07) is 50.1. The Hall–Kier alpha value is -6.10. The Morgan fingerprint density at radius 3 is 1.64 bits per heavy atom. The third-order valence-electron chi connectivity index (χ3n) is 8.19. The smallest absolute Gasteiger partial charge is 0.101 e. The molecule has 0 aliphatic heterocycles. The number of aromatic nitrogens is 2. The first kappa shape index (κ1) is 23.8. The van der Waals surface area contributed by atoms with Crippen LogP contribution >= 0.6 is 0 Å². The van der Waals surface area contributed by atoms with Crippen LogP contribution in [0.3, 0.4) is 0 Å². The van der Waals surface area contributed by atoms with Crippen molar-refractivity contribution in [1.29, 1.82) is 10.5 Å². The fourth-order valence-corrected chi connectivity index (χ4v) is 6.27. The molecule has 0 radical (unpaired) electrons. The van der Waals surface area contributed by atoms with Gasteiger partial charge in [-0.3, -0.25) is 0 Å². The van der Waals surface area contributed by atoms with Gasteiger partial charge in [-0.1, -0.05) is 72.8 Å². The number of para-hydroxylation sites is 3. The van der Waals surface area contributed by atoms with Crippen LogP contribution in [0.15, 0.2) is 133 Å². The van der Waals surface area contributed by atoms with Crippen LogP contribution in [0.1, 0.15) is 11.1 Å². The molecule has 42 heavy (non-hydrogen) atoms.